The summed E-state index contributed by atoms with van der Waals surface area (Å²) >= 11 is 0. The van der Waals surface area contributed by atoms with E-state index in [2.05, 4.69) is 24.4 Å². The number of hydrogen-bond donors (Lipinski definition) is 1. The van der Waals surface area contributed by atoms with Crippen molar-refractivity contribution in [3.05, 3.63) is 65.7 Å². The number of hydrogen-bond acceptors (Lipinski definition) is 9. The van der Waals surface area contributed by atoms with Crippen molar-refractivity contribution in [2.24, 2.45) is 0 Å². The van der Waals surface area contributed by atoms with Gasteiger partial charge in [0.25, 0.3) is 0 Å². The van der Waals surface area contributed by atoms with Crippen LogP contribution in [0.15, 0.2) is 54.6 Å². The highest BCUT2D eigenvalue weighted by Gasteiger charge is 2.02. The van der Waals surface area contributed by atoms with E-state index in [1.165, 1.54) is 44.1 Å². The molecule has 0 saturated carbocycles. The fourth-order valence-corrected chi connectivity index (χ4v) is 4.28. The average molecular weight is 648 g/mol. The van der Waals surface area contributed by atoms with Gasteiger partial charge in [-0.2, -0.15) is 0 Å². The van der Waals surface area contributed by atoms with Crippen molar-refractivity contribution < 1.29 is 42.7 Å². The molecule has 1 N–H and O–H groups in total. The predicted octanol–water partition coefficient (Wildman–Crippen LogP) is 5.99. The van der Waals surface area contributed by atoms with E-state index in [1.54, 1.807) is 0 Å². The van der Waals surface area contributed by atoms with Crippen LogP contribution < -0.4 is 10.1 Å². The van der Waals surface area contributed by atoms with Crippen molar-refractivity contribution in [3.63, 3.8) is 0 Å². The molecule has 0 spiro atoms. The lowest BCUT2D eigenvalue weighted by Crippen LogP contribution is -2.28. The van der Waals surface area contributed by atoms with Crippen LogP contribution >= 0.6 is 0 Å². The number of aryl methyl sites for hydroxylation is 1. The minimum Gasteiger partial charge on any atom is -0.491 e. The highest BCUT2D eigenvalue weighted by Crippen LogP contribution is 2.15. The van der Waals surface area contributed by atoms with E-state index in [0.717, 1.165) is 17.7 Å². The van der Waals surface area contributed by atoms with Crippen molar-refractivity contribution in [1.29, 1.82) is 0 Å². The summed E-state index contributed by atoms with van der Waals surface area (Å²) in [5.41, 5.74) is 2.32. The molecule has 0 heterocycles. The summed E-state index contributed by atoms with van der Waals surface area (Å²) < 4.78 is 43.9. The Morgan fingerprint density at radius 2 is 1.04 bits per heavy atom. The zero-order valence-electron chi connectivity index (χ0n) is 27.9. The second-order valence-corrected chi connectivity index (χ2v) is 10.7. The third-order valence-corrected chi connectivity index (χ3v) is 6.83. The first kappa shape index (κ1) is 39.4. The second-order valence-electron chi connectivity index (χ2n) is 10.7. The van der Waals surface area contributed by atoms with Gasteiger partial charge in [0, 0.05) is 6.54 Å². The van der Waals surface area contributed by atoms with E-state index >= 15 is 0 Å². The Bertz CT molecular complexity index is 946. The lowest BCUT2D eigenvalue weighted by atomic mass is 10.0. The normalized spacial score (nSPS) is 11.1. The van der Waals surface area contributed by atoms with Crippen LogP contribution in [-0.2, 0) is 46.2 Å². The van der Waals surface area contributed by atoms with Gasteiger partial charge in [0.1, 0.15) is 19.0 Å². The van der Waals surface area contributed by atoms with Crippen molar-refractivity contribution in [2.45, 2.75) is 58.5 Å². The zero-order chi connectivity index (χ0) is 32.6. The molecular formula is C36H57NO9. The molecule has 10 heteroatoms. The molecule has 0 atom stereocenters. The van der Waals surface area contributed by atoms with E-state index in [4.69, 9.17) is 37.9 Å². The van der Waals surface area contributed by atoms with Crippen LogP contribution in [0.1, 0.15) is 56.6 Å². The monoisotopic (exact) mass is 647 g/mol. The van der Waals surface area contributed by atoms with E-state index in [-0.39, 0.29) is 6.61 Å². The minimum atomic E-state index is -0.463. The number of benzene rings is 2. The smallest absolute Gasteiger partial charge is 0.407 e. The molecule has 10 nitrogen and oxygen atoms in total. The second kappa shape index (κ2) is 29.7. The molecule has 0 fully saturated rings. The molecule has 0 aromatic heterocycles. The van der Waals surface area contributed by atoms with E-state index in [1.807, 2.05) is 42.5 Å². The first-order valence-electron chi connectivity index (χ1n) is 16.9. The first-order valence-corrected chi connectivity index (χ1v) is 16.9. The van der Waals surface area contributed by atoms with E-state index in [9.17, 15) is 4.79 Å². The maximum absolute atomic E-state index is 11.6. The highest BCUT2D eigenvalue weighted by atomic mass is 16.6. The van der Waals surface area contributed by atoms with Gasteiger partial charge in [0.15, 0.2) is 0 Å². The molecule has 0 aliphatic carbocycles. The van der Waals surface area contributed by atoms with Gasteiger partial charge in [-0.25, -0.2) is 4.79 Å². The Kier molecular flexibility index (Phi) is 25.4. The third-order valence-electron chi connectivity index (χ3n) is 6.83. The number of amides is 1. The topological polar surface area (TPSA) is 103 Å². The molecule has 0 radical (unpaired) electrons. The summed E-state index contributed by atoms with van der Waals surface area (Å²) in [7, 11) is 0. The summed E-state index contributed by atoms with van der Waals surface area (Å²) in [6.07, 6.45) is 8.61. The van der Waals surface area contributed by atoms with Gasteiger partial charge >= 0.3 is 6.09 Å². The SMILES string of the molecule is CCCCCCCCc1ccc(OCCOCCOCCOCCOCCOCCOCCNC(=O)OCc2ccccc2)cc1. The molecule has 260 valence electrons. The predicted molar refractivity (Wildman–Crippen MR) is 179 cm³/mol. The summed E-state index contributed by atoms with van der Waals surface area (Å²) in [5, 5.41) is 2.65. The molecule has 2 aromatic carbocycles. The highest BCUT2D eigenvalue weighted by molar-refractivity contribution is 5.67. The quantitative estimate of drug-likeness (QED) is 0.0989. The fraction of sp³-hybridized carbons (Fsp3) is 0.639. The third kappa shape index (κ3) is 23.6. The number of nitrogens with one attached hydrogen (secondary N) is 1. The Morgan fingerprint density at radius 3 is 1.61 bits per heavy atom. The maximum atomic E-state index is 11.6. The van der Waals surface area contributed by atoms with Gasteiger partial charge < -0.3 is 43.2 Å². The minimum absolute atomic E-state index is 0.243. The van der Waals surface area contributed by atoms with Gasteiger partial charge in [-0.1, -0.05) is 81.5 Å². The Balaban J connectivity index is 1.22. The standard InChI is InChI=1S/C36H57NO9/c1-2-3-4-5-6-8-11-33-14-16-35(17-15-33)45-31-30-44-29-28-43-27-26-42-25-24-41-23-22-40-21-20-39-19-18-37-36(38)46-32-34-12-9-7-10-13-34/h7,9-10,12-17H,2-6,8,11,18-32H2,1H3,(H,37,38). The van der Waals surface area contributed by atoms with Crippen LogP contribution in [0, 0.1) is 0 Å². The van der Waals surface area contributed by atoms with E-state index in [0.29, 0.717) is 92.4 Å². The number of unbranched alkanes of at least 4 members (excludes halogenated alkanes) is 5. The number of carbonyl (C=O) groups is 1. The molecule has 0 bridgehead atoms. The van der Waals surface area contributed by atoms with Gasteiger partial charge in [-0.3, -0.25) is 0 Å². The van der Waals surface area contributed by atoms with Crippen LogP contribution in [-0.4, -0.2) is 98.5 Å². The van der Waals surface area contributed by atoms with Crippen LogP contribution in [0.2, 0.25) is 0 Å². The van der Waals surface area contributed by atoms with Crippen molar-refractivity contribution in [2.75, 3.05) is 92.4 Å². The van der Waals surface area contributed by atoms with E-state index < -0.39 is 6.09 Å². The molecule has 0 aliphatic rings. The number of carbonyl (C=O) groups excluding carboxylic acids is 1. The Morgan fingerprint density at radius 1 is 0.543 bits per heavy atom. The first-order chi connectivity index (χ1) is 22.8. The largest absolute Gasteiger partial charge is 0.491 e. The molecule has 2 rings (SSSR count). The Hall–Kier alpha value is -2.73. The fourth-order valence-electron chi connectivity index (χ4n) is 4.28. The molecule has 46 heavy (non-hydrogen) atoms. The van der Waals surface area contributed by atoms with Crippen LogP contribution in [0.25, 0.3) is 0 Å². The van der Waals surface area contributed by atoms with Gasteiger partial charge in [0.05, 0.1) is 79.3 Å². The van der Waals surface area contributed by atoms with Crippen LogP contribution in [0.5, 0.6) is 5.75 Å². The molecule has 0 unspecified atom stereocenters. The van der Waals surface area contributed by atoms with Crippen molar-refractivity contribution in [1.82, 2.24) is 5.32 Å². The molecule has 1 amide bonds. The summed E-state index contributed by atoms with van der Waals surface area (Å²) in [6.45, 7) is 9.23. The van der Waals surface area contributed by atoms with Crippen LogP contribution in [0.3, 0.4) is 0 Å². The number of rotatable bonds is 31. The molecule has 2 aromatic rings. The average Bonchev–Trinajstić information content (AvgIpc) is 3.08. The lowest BCUT2D eigenvalue weighted by molar-refractivity contribution is -0.0176. The number of ether oxygens (including phenoxy) is 8. The number of alkyl carbamates (subject to hydrolysis) is 1. The molecular weight excluding hydrogens is 590 g/mol. The Labute approximate surface area is 276 Å². The van der Waals surface area contributed by atoms with Gasteiger partial charge in [-0.05, 0) is 36.1 Å². The molecule has 0 saturated heterocycles. The zero-order valence-corrected chi connectivity index (χ0v) is 27.9. The van der Waals surface area contributed by atoms with Gasteiger partial charge in [0.2, 0.25) is 0 Å². The van der Waals surface area contributed by atoms with Gasteiger partial charge in [-0.15, -0.1) is 0 Å². The van der Waals surface area contributed by atoms with Crippen LogP contribution in [0.4, 0.5) is 4.79 Å². The molecule has 0 aliphatic heterocycles. The summed E-state index contributed by atoms with van der Waals surface area (Å²) in [5.74, 6) is 0.881. The lowest BCUT2D eigenvalue weighted by Gasteiger charge is -2.09. The summed E-state index contributed by atoms with van der Waals surface area (Å²) in [6, 6.07) is 17.9. The maximum Gasteiger partial charge on any atom is 0.407 e. The summed E-state index contributed by atoms with van der Waals surface area (Å²) in [4.78, 5) is 11.6. The van der Waals surface area contributed by atoms with Crippen molar-refractivity contribution >= 4 is 6.09 Å². The van der Waals surface area contributed by atoms with Crippen molar-refractivity contribution in [3.8, 4) is 5.75 Å².